The monoisotopic (exact) mass is 274 g/mol. The molecule has 0 radical (unpaired) electrons. The number of aliphatic imine (C=N–C) groups is 1. The summed E-state index contributed by atoms with van der Waals surface area (Å²) in [5.41, 5.74) is 3.50. The number of rotatable bonds is 3. The van der Waals surface area contributed by atoms with E-state index in [4.69, 9.17) is 9.73 Å². The van der Waals surface area contributed by atoms with Crippen molar-refractivity contribution in [3.8, 4) is 5.75 Å². The number of nitrogens with zero attached hydrogens (tertiary/aromatic N) is 2. The van der Waals surface area contributed by atoms with Gasteiger partial charge in [-0.15, -0.1) is 0 Å². The minimum atomic E-state index is -0.0436. The van der Waals surface area contributed by atoms with Crippen molar-refractivity contribution < 1.29 is 4.74 Å². The Morgan fingerprint density at radius 2 is 2.10 bits per heavy atom. The van der Waals surface area contributed by atoms with Crippen LogP contribution in [0.1, 0.15) is 46.1 Å². The minimum absolute atomic E-state index is 0.0436. The van der Waals surface area contributed by atoms with Gasteiger partial charge in [-0.05, 0) is 44.9 Å². The van der Waals surface area contributed by atoms with Crippen LogP contribution in [-0.2, 0) is 0 Å². The molecule has 20 heavy (non-hydrogen) atoms. The summed E-state index contributed by atoms with van der Waals surface area (Å²) in [4.78, 5) is 7.12. The molecule has 1 aliphatic heterocycles. The summed E-state index contributed by atoms with van der Waals surface area (Å²) in [7, 11) is 2.11. The molecule has 1 aromatic carbocycles. The summed E-state index contributed by atoms with van der Waals surface area (Å²) >= 11 is 0. The van der Waals surface area contributed by atoms with Gasteiger partial charge in [0, 0.05) is 12.8 Å². The molecule has 110 valence electrons. The first-order valence-electron chi connectivity index (χ1n) is 7.48. The molecule has 0 aliphatic carbocycles. The summed E-state index contributed by atoms with van der Waals surface area (Å²) in [5, 5.41) is 0. The molecule has 0 saturated carbocycles. The highest BCUT2D eigenvalue weighted by molar-refractivity contribution is 6.01. The molecule has 0 aromatic heterocycles. The Hall–Kier alpha value is -1.51. The lowest BCUT2D eigenvalue weighted by Crippen LogP contribution is -2.28. The van der Waals surface area contributed by atoms with Crippen molar-refractivity contribution in [3.63, 3.8) is 0 Å². The fourth-order valence-corrected chi connectivity index (χ4v) is 2.44. The maximum atomic E-state index is 5.80. The number of fused-ring (bicyclic) bond motifs is 1. The van der Waals surface area contributed by atoms with Crippen LogP contribution in [0.2, 0.25) is 0 Å². The van der Waals surface area contributed by atoms with E-state index in [1.807, 2.05) is 0 Å². The van der Waals surface area contributed by atoms with Crippen LogP contribution in [0, 0.1) is 0 Å². The summed E-state index contributed by atoms with van der Waals surface area (Å²) in [6.07, 6.45) is 2.11. The van der Waals surface area contributed by atoms with E-state index in [2.05, 4.69) is 57.8 Å². The molecule has 0 atom stereocenters. The lowest BCUT2D eigenvalue weighted by atomic mass is 10.0. The second kappa shape index (κ2) is 5.86. The van der Waals surface area contributed by atoms with E-state index in [0.29, 0.717) is 0 Å². The second-order valence-corrected chi connectivity index (χ2v) is 6.43. The number of benzene rings is 1. The van der Waals surface area contributed by atoms with Gasteiger partial charge in [-0.3, -0.25) is 4.99 Å². The lowest BCUT2D eigenvalue weighted by Gasteiger charge is -2.28. The van der Waals surface area contributed by atoms with Crippen molar-refractivity contribution in [3.05, 3.63) is 23.8 Å². The van der Waals surface area contributed by atoms with E-state index < -0.39 is 0 Å². The Morgan fingerprint density at radius 3 is 2.75 bits per heavy atom. The predicted molar refractivity (Wildman–Crippen MR) is 86.4 cm³/mol. The summed E-state index contributed by atoms with van der Waals surface area (Å²) in [6, 6.07) is 6.47. The van der Waals surface area contributed by atoms with Crippen molar-refractivity contribution in [2.75, 3.05) is 25.1 Å². The number of likely N-dealkylation sites (N-methyl/N-ethyl adjacent to an activating group) is 1. The molecule has 3 nitrogen and oxygen atoms in total. The van der Waals surface area contributed by atoms with Crippen molar-refractivity contribution in [1.82, 2.24) is 0 Å². The van der Waals surface area contributed by atoms with Crippen LogP contribution in [0.4, 0.5) is 5.69 Å². The van der Waals surface area contributed by atoms with Crippen molar-refractivity contribution >= 4 is 11.4 Å². The quantitative estimate of drug-likeness (QED) is 0.781. The van der Waals surface area contributed by atoms with Crippen molar-refractivity contribution in [2.24, 2.45) is 4.99 Å². The van der Waals surface area contributed by atoms with Gasteiger partial charge in [0.1, 0.15) is 12.4 Å². The number of hydrogen-bond acceptors (Lipinski definition) is 3. The highest BCUT2D eigenvalue weighted by Gasteiger charge is 2.17. The fraction of sp³-hybridized carbons (Fsp3) is 0.588. The van der Waals surface area contributed by atoms with E-state index in [1.165, 1.54) is 17.0 Å². The van der Waals surface area contributed by atoms with Gasteiger partial charge in [-0.1, -0.05) is 19.4 Å². The standard InChI is InChI=1S/C17H26N2O/c1-6-7-14(18-17(2,3)4)13-8-9-15-16(12-13)20-11-10-19(15)5/h8-9,12H,6-7,10-11H2,1-5H3/b18-14+. The molecule has 0 saturated heterocycles. The molecule has 0 N–H and O–H groups in total. The first-order valence-corrected chi connectivity index (χ1v) is 7.48. The van der Waals surface area contributed by atoms with E-state index >= 15 is 0 Å². The highest BCUT2D eigenvalue weighted by Crippen LogP contribution is 2.32. The Balaban J connectivity index is 2.38. The van der Waals surface area contributed by atoms with Crippen LogP contribution in [-0.4, -0.2) is 31.4 Å². The first kappa shape index (κ1) is 14.9. The van der Waals surface area contributed by atoms with E-state index in [9.17, 15) is 0 Å². The fourth-order valence-electron chi connectivity index (χ4n) is 2.44. The molecule has 1 aliphatic rings. The van der Waals surface area contributed by atoms with Crippen LogP contribution in [0.15, 0.2) is 23.2 Å². The number of ether oxygens (including phenoxy) is 1. The largest absolute Gasteiger partial charge is 0.490 e. The molecule has 3 heteroatoms. The van der Waals surface area contributed by atoms with Gasteiger partial charge in [0.25, 0.3) is 0 Å². The van der Waals surface area contributed by atoms with Gasteiger partial charge in [0.05, 0.1) is 17.8 Å². The minimum Gasteiger partial charge on any atom is -0.490 e. The zero-order chi connectivity index (χ0) is 14.8. The first-order chi connectivity index (χ1) is 9.40. The van der Waals surface area contributed by atoms with E-state index in [-0.39, 0.29) is 5.54 Å². The Morgan fingerprint density at radius 1 is 1.35 bits per heavy atom. The molecule has 0 unspecified atom stereocenters. The number of anilines is 1. The number of hydrogen-bond donors (Lipinski definition) is 0. The van der Waals surface area contributed by atoms with E-state index in [0.717, 1.165) is 31.7 Å². The average Bonchev–Trinajstić information content (AvgIpc) is 2.36. The van der Waals surface area contributed by atoms with Crippen LogP contribution in [0.5, 0.6) is 5.75 Å². The summed E-state index contributed by atoms with van der Waals surface area (Å²) < 4.78 is 5.80. The second-order valence-electron chi connectivity index (χ2n) is 6.43. The third kappa shape index (κ3) is 3.53. The lowest BCUT2D eigenvalue weighted by molar-refractivity contribution is 0.311. The Labute approximate surface area is 122 Å². The molecule has 0 spiro atoms. The normalized spacial score (nSPS) is 15.8. The van der Waals surface area contributed by atoms with Crippen LogP contribution in [0.3, 0.4) is 0 Å². The summed E-state index contributed by atoms with van der Waals surface area (Å²) in [5.74, 6) is 0.981. The smallest absolute Gasteiger partial charge is 0.143 e. The van der Waals surface area contributed by atoms with Crippen LogP contribution >= 0.6 is 0 Å². The Bertz CT molecular complexity index is 500. The van der Waals surface area contributed by atoms with Gasteiger partial charge >= 0.3 is 0 Å². The topological polar surface area (TPSA) is 24.8 Å². The van der Waals surface area contributed by atoms with Gasteiger partial charge in [0.2, 0.25) is 0 Å². The molecular formula is C17H26N2O. The Kier molecular flexibility index (Phi) is 4.36. The van der Waals surface area contributed by atoms with E-state index in [1.54, 1.807) is 0 Å². The molecule has 2 rings (SSSR count). The van der Waals surface area contributed by atoms with Crippen molar-refractivity contribution in [2.45, 2.75) is 46.1 Å². The molecule has 0 bridgehead atoms. The maximum Gasteiger partial charge on any atom is 0.143 e. The van der Waals surface area contributed by atoms with Gasteiger partial charge in [-0.25, -0.2) is 0 Å². The van der Waals surface area contributed by atoms with Gasteiger partial charge in [-0.2, -0.15) is 0 Å². The van der Waals surface area contributed by atoms with Crippen LogP contribution in [0.25, 0.3) is 0 Å². The SMILES string of the molecule is CCC/C(=N\C(C)(C)C)c1ccc2c(c1)OCCN2C. The third-order valence-corrected chi connectivity index (χ3v) is 3.35. The van der Waals surface area contributed by atoms with Crippen LogP contribution < -0.4 is 9.64 Å². The molecule has 0 amide bonds. The average molecular weight is 274 g/mol. The maximum absolute atomic E-state index is 5.80. The zero-order valence-electron chi connectivity index (χ0n) is 13.4. The van der Waals surface area contributed by atoms with Gasteiger partial charge in [0.15, 0.2) is 0 Å². The molecular weight excluding hydrogens is 248 g/mol. The molecule has 0 fully saturated rings. The highest BCUT2D eigenvalue weighted by atomic mass is 16.5. The predicted octanol–water partition coefficient (Wildman–Crippen LogP) is 3.90. The third-order valence-electron chi connectivity index (χ3n) is 3.35. The summed E-state index contributed by atoms with van der Waals surface area (Å²) in [6.45, 7) is 10.3. The van der Waals surface area contributed by atoms with Crippen molar-refractivity contribution in [1.29, 1.82) is 0 Å². The molecule has 1 heterocycles. The van der Waals surface area contributed by atoms with Gasteiger partial charge < -0.3 is 9.64 Å². The zero-order valence-corrected chi connectivity index (χ0v) is 13.4. The molecule has 1 aromatic rings.